The van der Waals surface area contributed by atoms with Crippen molar-refractivity contribution in [2.75, 3.05) is 25.6 Å². The molecule has 0 saturated heterocycles. The zero-order chi connectivity index (χ0) is 7.98. The van der Waals surface area contributed by atoms with Gasteiger partial charge in [0.15, 0.2) is 0 Å². The highest BCUT2D eigenvalue weighted by molar-refractivity contribution is 7.98. The molecule has 0 saturated carbocycles. The minimum absolute atomic E-state index is 0.247. The Morgan fingerprint density at radius 2 is 2.20 bits per heavy atom. The molecular formula is C7H15NOS. The highest BCUT2D eigenvalue weighted by Crippen LogP contribution is 1.98. The van der Waals surface area contributed by atoms with E-state index in [0.717, 1.165) is 12.3 Å². The topological polar surface area (TPSA) is 20.3 Å². The third-order valence-corrected chi connectivity index (χ3v) is 2.03. The Morgan fingerprint density at radius 1 is 1.60 bits per heavy atom. The van der Waals surface area contributed by atoms with E-state index in [1.807, 2.05) is 20.2 Å². The van der Waals surface area contributed by atoms with Crippen LogP contribution in [-0.2, 0) is 4.79 Å². The molecule has 0 spiro atoms. The average molecular weight is 161 g/mol. The van der Waals surface area contributed by atoms with Gasteiger partial charge in [0, 0.05) is 25.8 Å². The fourth-order valence-electron chi connectivity index (χ4n) is 0.557. The molecular weight excluding hydrogens is 146 g/mol. The molecule has 10 heavy (non-hydrogen) atoms. The summed E-state index contributed by atoms with van der Waals surface area (Å²) < 4.78 is 0. The van der Waals surface area contributed by atoms with Gasteiger partial charge in [0.25, 0.3) is 0 Å². The Bertz CT molecular complexity index is 106. The Morgan fingerprint density at radius 3 is 2.60 bits per heavy atom. The molecule has 1 amide bonds. The lowest BCUT2D eigenvalue weighted by Gasteiger charge is -2.13. The Labute approximate surface area is 67.0 Å². The highest BCUT2D eigenvalue weighted by Gasteiger charge is 2.03. The van der Waals surface area contributed by atoms with Crippen molar-refractivity contribution >= 4 is 17.7 Å². The van der Waals surface area contributed by atoms with Crippen molar-refractivity contribution in [2.24, 2.45) is 0 Å². The van der Waals surface area contributed by atoms with E-state index in [4.69, 9.17) is 0 Å². The molecule has 0 N–H and O–H groups in total. The van der Waals surface area contributed by atoms with Crippen LogP contribution in [0.4, 0.5) is 0 Å². The first-order chi connectivity index (χ1) is 4.72. The Balaban J connectivity index is 3.42. The van der Waals surface area contributed by atoms with Crippen LogP contribution in [0.25, 0.3) is 0 Å². The maximum absolute atomic E-state index is 11.0. The third kappa shape index (κ3) is 3.77. The van der Waals surface area contributed by atoms with Crippen LogP contribution in [0.1, 0.15) is 13.3 Å². The minimum atomic E-state index is 0.247. The molecule has 0 unspecified atom stereocenters. The predicted octanol–water partition coefficient (Wildman–Crippen LogP) is 1.22. The summed E-state index contributed by atoms with van der Waals surface area (Å²) in [4.78, 5) is 12.8. The van der Waals surface area contributed by atoms with Gasteiger partial charge in [0.05, 0.1) is 0 Å². The molecule has 0 aromatic heterocycles. The van der Waals surface area contributed by atoms with Crippen molar-refractivity contribution in [1.29, 1.82) is 0 Å². The van der Waals surface area contributed by atoms with Crippen molar-refractivity contribution in [3.05, 3.63) is 0 Å². The SMILES string of the molecule is CCN(C)C(=O)CCSC. The van der Waals surface area contributed by atoms with Gasteiger partial charge in [-0.1, -0.05) is 0 Å². The van der Waals surface area contributed by atoms with Crippen LogP contribution in [-0.4, -0.2) is 36.4 Å². The fourth-order valence-corrected chi connectivity index (χ4v) is 0.935. The molecule has 0 aromatic carbocycles. The summed E-state index contributed by atoms with van der Waals surface area (Å²) in [5, 5.41) is 0. The second-order valence-electron chi connectivity index (χ2n) is 2.15. The molecule has 0 atom stereocenters. The summed E-state index contributed by atoms with van der Waals surface area (Å²) in [5.41, 5.74) is 0. The summed E-state index contributed by atoms with van der Waals surface area (Å²) >= 11 is 1.71. The molecule has 0 radical (unpaired) electrons. The normalized spacial score (nSPS) is 9.50. The van der Waals surface area contributed by atoms with Crippen molar-refractivity contribution < 1.29 is 4.79 Å². The number of carbonyl (C=O) groups is 1. The second-order valence-corrected chi connectivity index (χ2v) is 3.14. The largest absolute Gasteiger partial charge is 0.346 e. The predicted molar refractivity (Wildman–Crippen MR) is 46.3 cm³/mol. The highest BCUT2D eigenvalue weighted by atomic mass is 32.2. The van der Waals surface area contributed by atoms with E-state index in [-0.39, 0.29) is 5.91 Å². The number of amides is 1. The van der Waals surface area contributed by atoms with Crippen molar-refractivity contribution in [2.45, 2.75) is 13.3 Å². The van der Waals surface area contributed by atoms with E-state index < -0.39 is 0 Å². The summed E-state index contributed by atoms with van der Waals surface area (Å²) in [6.07, 6.45) is 2.69. The lowest BCUT2D eigenvalue weighted by atomic mass is 10.4. The van der Waals surface area contributed by atoms with Gasteiger partial charge in [-0.3, -0.25) is 4.79 Å². The number of nitrogens with zero attached hydrogens (tertiary/aromatic N) is 1. The summed E-state index contributed by atoms with van der Waals surface area (Å²) in [6, 6.07) is 0. The molecule has 0 aliphatic heterocycles. The fraction of sp³-hybridized carbons (Fsp3) is 0.857. The van der Waals surface area contributed by atoms with Crippen molar-refractivity contribution in [1.82, 2.24) is 4.90 Å². The summed E-state index contributed by atoms with van der Waals surface area (Å²) in [6.45, 7) is 2.80. The molecule has 0 fully saturated rings. The first kappa shape index (κ1) is 9.82. The van der Waals surface area contributed by atoms with Crippen molar-refractivity contribution in [3.63, 3.8) is 0 Å². The van der Waals surface area contributed by atoms with Gasteiger partial charge in [0.2, 0.25) is 5.91 Å². The second kappa shape index (κ2) is 5.59. The van der Waals surface area contributed by atoms with Crippen LogP contribution in [0.3, 0.4) is 0 Å². The first-order valence-corrected chi connectivity index (χ1v) is 4.84. The molecule has 0 aliphatic rings. The van der Waals surface area contributed by atoms with Crippen LogP contribution < -0.4 is 0 Å². The zero-order valence-electron chi connectivity index (χ0n) is 6.89. The van der Waals surface area contributed by atoms with Gasteiger partial charge in [-0.15, -0.1) is 0 Å². The molecule has 0 bridgehead atoms. The Kier molecular flexibility index (Phi) is 5.49. The molecule has 0 aliphatic carbocycles. The van der Waals surface area contributed by atoms with Gasteiger partial charge < -0.3 is 4.90 Å². The van der Waals surface area contributed by atoms with Gasteiger partial charge in [-0.2, -0.15) is 11.8 Å². The van der Waals surface area contributed by atoms with E-state index in [1.165, 1.54) is 0 Å². The van der Waals surface area contributed by atoms with E-state index in [1.54, 1.807) is 16.7 Å². The van der Waals surface area contributed by atoms with Gasteiger partial charge >= 0.3 is 0 Å². The minimum Gasteiger partial charge on any atom is -0.346 e. The monoisotopic (exact) mass is 161 g/mol. The number of rotatable bonds is 4. The van der Waals surface area contributed by atoms with Crippen LogP contribution in [0.2, 0.25) is 0 Å². The molecule has 0 aromatic rings. The number of hydrogen-bond donors (Lipinski definition) is 0. The number of carbonyl (C=O) groups excluding carboxylic acids is 1. The standard InChI is InChI=1S/C7H15NOS/c1-4-8(2)7(9)5-6-10-3/h4-6H2,1-3H3. The number of hydrogen-bond acceptors (Lipinski definition) is 2. The van der Waals surface area contributed by atoms with Crippen LogP contribution in [0, 0.1) is 0 Å². The quantitative estimate of drug-likeness (QED) is 0.618. The maximum Gasteiger partial charge on any atom is 0.223 e. The van der Waals surface area contributed by atoms with Crippen LogP contribution in [0.15, 0.2) is 0 Å². The lowest BCUT2D eigenvalue weighted by Crippen LogP contribution is -2.26. The smallest absolute Gasteiger partial charge is 0.223 e. The van der Waals surface area contributed by atoms with Gasteiger partial charge in [-0.25, -0.2) is 0 Å². The van der Waals surface area contributed by atoms with E-state index in [0.29, 0.717) is 6.42 Å². The summed E-state index contributed by atoms with van der Waals surface area (Å²) in [5.74, 6) is 1.18. The average Bonchev–Trinajstić information content (AvgIpc) is 1.98. The van der Waals surface area contributed by atoms with E-state index in [9.17, 15) is 4.79 Å². The Hall–Kier alpha value is -0.180. The van der Waals surface area contributed by atoms with E-state index >= 15 is 0 Å². The first-order valence-electron chi connectivity index (χ1n) is 3.45. The maximum atomic E-state index is 11.0. The molecule has 3 heteroatoms. The molecule has 0 heterocycles. The zero-order valence-corrected chi connectivity index (χ0v) is 7.70. The van der Waals surface area contributed by atoms with Crippen LogP contribution >= 0.6 is 11.8 Å². The third-order valence-electron chi connectivity index (χ3n) is 1.42. The van der Waals surface area contributed by atoms with Crippen molar-refractivity contribution in [3.8, 4) is 0 Å². The lowest BCUT2D eigenvalue weighted by molar-refractivity contribution is -0.129. The van der Waals surface area contributed by atoms with Gasteiger partial charge in [-0.05, 0) is 13.2 Å². The van der Waals surface area contributed by atoms with Crippen LogP contribution in [0.5, 0.6) is 0 Å². The van der Waals surface area contributed by atoms with Gasteiger partial charge in [0.1, 0.15) is 0 Å². The summed E-state index contributed by atoms with van der Waals surface area (Å²) in [7, 11) is 1.84. The van der Waals surface area contributed by atoms with E-state index in [2.05, 4.69) is 0 Å². The molecule has 0 rings (SSSR count). The number of thioether (sulfide) groups is 1. The molecule has 60 valence electrons. The molecule has 2 nitrogen and oxygen atoms in total.